The van der Waals surface area contributed by atoms with Gasteiger partial charge in [0.2, 0.25) is 0 Å². The normalized spacial score (nSPS) is 20.4. The van der Waals surface area contributed by atoms with Crippen molar-refractivity contribution in [2.24, 2.45) is 0 Å². The fourth-order valence-electron chi connectivity index (χ4n) is 3.26. The molecular weight excluding hydrogens is 324 g/mol. The molecule has 1 fully saturated rings. The van der Waals surface area contributed by atoms with Crippen molar-refractivity contribution in [2.45, 2.75) is 46.3 Å². The van der Waals surface area contributed by atoms with Gasteiger partial charge in [0.15, 0.2) is 0 Å². The number of aromatic nitrogens is 1. The molecule has 4 nitrogen and oxygen atoms in total. The second-order valence-corrected chi connectivity index (χ2v) is 7.69. The lowest BCUT2D eigenvalue weighted by Gasteiger charge is -2.44. The molecule has 1 aliphatic rings. The lowest BCUT2D eigenvalue weighted by atomic mass is 9.99. The Hall–Kier alpha value is -1.65. The van der Waals surface area contributed by atoms with Crippen molar-refractivity contribution in [1.29, 1.82) is 0 Å². The molecule has 1 aliphatic heterocycles. The Labute approximate surface area is 147 Å². The minimum Gasteiger partial charge on any atom is -0.374 e. The predicted molar refractivity (Wildman–Crippen MR) is 96.8 cm³/mol. The average Bonchev–Trinajstić information content (AvgIpc) is 2.49. The van der Waals surface area contributed by atoms with E-state index in [-0.39, 0.29) is 22.7 Å². The molecule has 0 radical (unpaired) electrons. The third kappa shape index (κ3) is 3.01. The van der Waals surface area contributed by atoms with E-state index in [1.165, 1.54) is 0 Å². The standard InChI is InChI=1S/C19H23ClN2O2/c1-11-6-12(2)16-14(7-11)8-15(17(20)21-16)18(23)22-9-13(3)24-10-19(22,4)5/h6-8,13H,9-10H2,1-5H3. The summed E-state index contributed by atoms with van der Waals surface area (Å²) in [5, 5.41) is 1.20. The number of amides is 1. The SMILES string of the molecule is Cc1cc(C)c2nc(Cl)c(C(=O)N3CC(C)OCC3(C)C)cc2c1. The van der Waals surface area contributed by atoms with Crippen molar-refractivity contribution >= 4 is 28.4 Å². The molecule has 1 aromatic carbocycles. The third-order valence-electron chi connectivity index (χ3n) is 4.57. The van der Waals surface area contributed by atoms with Gasteiger partial charge in [0.25, 0.3) is 5.91 Å². The van der Waals surface area contributed by atoms with Crippen LogP contribution in [0.2, 0.25) is 5.15 Å². The molecule has 1 amide bonds. The van der Waals surface area contributed by atoms with Crippen LogP contribution in [0.4, 0.5) is 0 Å². The van der Waals surface area contributed by atoms with Crippen LogP contribution in [0.15, 0.2) is 18.2 Å². The minimum absolute atomic E-state index is 0.0126. The number of fused-ring (bicyclic) bond motifs is 1. The summed E-state index contributed by atoms with van der Waals surface area (Å²) in [7, 11) is 0. The number of hydrogen-bond donors (Lipinski definition) is 0. The first-order chi connectivity index (χ1) is 11.2. The molecule has 0 spiro atoms. The number of pyridine rings is 1. The van der Waals surface area contributed by atoms with Gasteiger partial charge in [-0.25, -0.2) is 4.98 Å². The molecule has 0 saturated carbocycles. The Bertz CT molecular complexity index is 817. The number of hydrogen-bond acceptors (Lipinski definition) is 3. The smallest absolute Gasteiger partial charge is 0.257 e. The number of benzene rings is 1. The molecule has 1 saturated heterocycles. The summed E-state index contributed by atoms with van der Waals surface area (Å²) in [6.07, 6.45) is 0.0126. The van der Waals surface area contributed by atoms with Gasteiger partial charge in [0.05, 0.1) is 29.3 Å². The summed E-state index contributed by atoms with van der Waals surface area (Å²) in [5.41, 5.74) is 3.13. The Morgan fingerprint density at radius 2 is 2.04 bits per heavy atom. The van der Waals surface area contributed by atoms with E-state index in [2.05, 4.69) is 11.1 Å². The van der Waals surface area contributed by atoms with Gasteiger partial charge in [0.1, 0.15) is 5.15 Å². The molecule has 1 atom stereocenters. The number of carbonyl (C=O) groups excluding carboxylic acids is 1. The highest BCUT2D eigenvalue weighted by atomic mass is 35.5. The first kappa shape index (κ1) is 17.2. The lowest BCUT2D eigenvalue weighted by Crippen LogP contribution is -2.57. The van der Waals surface area contributed by atoms with Crippen LogP contribution >= 0.6 is 11.6 Å². The summed E-state index contributed by atoms with van der Waals surface area (Å²) in [6, 6.07) is 5.97. The molecule has 24 heavy (non-hydrogen) atoms. The summed E-state index contributed by atoms with van der Waals surface area (Å²) in [6.45, 7) is 11.1. The Morgan fingerprint density at radius 1 is 1.33 bits per heavy atom. The highest BCUT2D eigenvalue weighted by Gasteiger charge is 2.38. The van der Waals surface area contributed by atoms with Crippen LogP contribution in [0.5, 0.6) is 0 Å². The zero-order valence-electron chi connectivity index (χ0n) is 14.8. The van der Waals surface area contributed by atoms with E-state index < -0.39 is 0 Å². The second kappa shape index (κ2) is 6.01. The predicted octanol–water partition coefficient (Wildman–Crippen LogP) is 4.14. The van der Waals surface area contributed by atoms with E-state index in [0.717, 1.165) is 22.0 Å². The van der Waals surface area contributed by atoms with Crippen molar-refractivity contribution < 1.29 is 9.53 Å². The van der Waals surface area contributed by atoms with Crippen molar-refractivity contribution in [1.82, 2.24) is 9.88 Å². The van der Waals surface area contributed by atoms with Crippen LogP contribution in [0.3, 0.4) is 0 Å². The zero-order valence-corrected chi connectivity index (χ0v) is 15.6. The van der Waals surface area contributed by atoms with Crippen molar-refractivity contribution in [3.63, 3.8) is 0 Å². The molecule has 0 bridgehead atoms. The highest BCUT2D eigenvalue weighted by molar-refractivity contribution is 6.33. The second-order valence-electron chi connectivity index (χ2n) is 7.33. The molecular formula is C19H23ClN2O2. The van der Waals surface area contributed by atoms with Crippen molar-refractivity contribution in [3.8, 4) is 0 Å². The molecule has 1 aromatic heterocycles. The number of nitrogens with zero attached hydrogens (tertiary/aromatic N) is 2. The largest absolute Gasteiger partial charge is 0.374 e. The Kier molecular flexibility index (Phi) is 4.30. The molecule has 128 valence electrons. The topological polar surface area (TPSA) is 42.4 Å². The van der Waals surface area contributed by atoms with E-state index >= 15 is 0 Å². The zero-order chi connectivity index (χ0) is 17.6. The third-order valence-corrected chi connectivity index (χ3v) is 4.86. The summed E-state index contributed by atoms with van der Waals surface area (Å²) in [4.78, 5) is 19.5. The average molecular weight is 347 g/mol. The van der Waals surface area contributed by atoms with Gasteiger partial charge in [-0.15, -0.1) is 0 Å². The maximum absolute atomic E-state index is 13.1. The molecule has 1 unspecified atom stereocenters. The van der Waals surface area contributed by atoms with Gasteiger partial charge < -0.3 is 9.64 Å². The van der Waals surface area contributed by atoms with Gasteiger partial charge in [-0.1, -0.05) is 23.2 Å². The number of ether oxygens (including phenoxy) is 1. The Morgan fingerprint density at radius 3 is 2.75 bits per heavy atom. The Balaban J connectivity index is 2.08. The number of rotatable bonds is 1. The van der Waals surface area contributed by atoms with Crippen LogP contribution in [0, 0.1) is 13.8 Å². The number of morpholine rings is 1. The van der Waals surface area contributed by atoms with Gasteiger partial charge >= 0.3 is 0 Å². The first-order valence-corrected chi connectivity index (χ1v) is 8.58. The van der Waals surface area contributed by atoms with Crippen molar-refractivity contribution in [3.05, 3.63) is 40.0 Å². The quantitative estimate of drug-likeness (QED) is 0.729. The molecule has 2 heterocycles. The number of aryl methyl sites for hydroxylation is 2. The lowest BCUT2D eigenvalue weighted by molar-refractivity contribution is -0.0755. The highest BCUT2D eigenvalue weighted by Crippen LogP contribution is 2.29. The van der Waals surface area contributed by atoms with E-state index in [9.17, 15) is 4.79 Å². The fourth-order valence-corrected chi connectivity index (χ4v) is 3.48. The molecule has 0 aliphatic carbocycles. The maximum Gasteiger partial charge on any atom is 0.257 e. The summed E-state index contributed by atoms with van der Waals surface area (Å²) < 4.78 is 5.70. The van der Waals surface area contributed by atoms with Crippen LogP contribution < -0.4 is 0 Å². The number of carbonyl (C=O) groups is 1. The summed E-state index contributed by atoms with van der Waals surface area (Å²) in [5.74, 6) is -0.0892. The molecule has 0 N–H and O–H groups in total. The maximum atomic E-state index is 13.1. The van der Waals surface area contributed by atoms with Gasteiger partial charge in [-0.3, -0.25) is 4.79 Å². The van der Waals surface area contributed by atoms with E-state index in [0.29, 0.717) is 18.7 Å². The fraction of sp³-hybridized carbons (Fsp3) is 0.474. The van der Waals surface area contributed by atoms with Gasteiger partial charge in [-0.05, 0) is 52.3 Å². The van der Waals surface area contributed by atoms with Crippen LogP contribution in [0.1, 0.15) is 42.3 Å². The molecule has 5 heteroatoms. The molecule has 3 rings (SSSR count). The van der Waals surface area contributed by atoms with Gasteiger partial charge in [-0.2, -0.15) is 0 Å². The van der Waals surface area contributed by atoms with Crippen molar-refractivity contribution in [2.75, 3.05) is 13.2 Å². The van der Waals surface area contributed by atoms with E-state index in [1.54, 1.807) is 0 Å². The first-order valence-electron chi connectivity index (χ1n) is 8.20. The minimum atomic E-state index is -0.371. The van der Waals surface area contributed by atoms with Crippen LogP contribution in [0.25, 0.3) is 10.9 Å². The van der Waals surface area contributed by atoms with E-state index in [1.807, 2.05) is 51.7 Å². The monoisotopic (exact) mass is 346 g/mol. The molecule has 2 aromatic rings. The summed E-state index contributed by atoms with van der Waals surface area (Å²) >= 11 is 6.37. The van der Waals surface area contributed by atoms with E-state index in [4.69, 9.17) is 16.3 Å². The van der Waals surface area contributed by atoms with Crippen LogP contribution in [-0.4, -0.2) is 40.6 Å². The van der Waals surface area contributed by atoms with Gasteiger partial charge in [0, 0.05) is 11.9 Å². The van der Waals surface area contributed by atoms with Crippen LogP contribution in [-0.2, 0) is 4.74 Å². The number of halogens is 1.